The average Bonchev–Trinajstić information content (AvgIpc) is 2.98. The number of halogens is 1. The van der Waals surface area contributed by atoms with E-state index in [1.807, 2.05) is 0 Å². The van der Waals surface area contributed by atoms with Gasteiger partial charge in [-0.3, -0.25) is 19.3 Å². The minimum Gasteiger partial charge on any atom is -0.451 e. The molecule has 1 fully saturated rings. The molecule has 1 aromatic rings. The summed E-state index contributed by atoms with van der Waals surface area (Å²) in [5.41, 5.74) is 0.378. The first-order valence-electron chi connectivity index (χ1n) is 7.21. The van der Waals surface area contributed by atoms with Gasteiger partial charge in [-0.2, -0.15) is 0 Å². The third kappa shape index (κ3) is 4.31. The quantitative estimate of drug-likeness (QED) is 0.710. The Bertz CT molecular complexity index is 679. The van der Waals surface area contributed by atoms with Crippen LogP contribution in [-0.2, 0) is 14.3 Å². The second-order valence-corrected chi connectivity index (χ2v) is 5.87. The topological polar surface area (TPSA) is 105 Å². The predicted octanol–water partition coefficient (Wildman–Crippen LogP) is 0.662. The van der Waals surface area contributed by atoms with Crippen LogP contribution in [0.4, 0.5) is 4.79 Å². The highest BCUT2D eigenvalue weighted by atomic mass is 79.9. The summed E-state index contributed by atoms with van der Waals surface area (Å²) in [6.45, 7) is 1.59. The summed E-state index contributed by atoms with van der Waals surface area (Å²) in [5.74, 6) is -1.82. The van der Waals surface area contributed by atoms with Gasteiger partial charge in [0.1, 0.15) is 6.54 Å². The van der Waals surface area contributed by atoms with Gasteiger partial charge in [0.05, 0.1) is 5.56 Å². The lowest BCUT2D eigenvalue weighted by molar-refractivity contribution is -0.156. The first kappa shape index (κ1) is 17.9. The number of hydrogen-bond donors (Lipinski definition) is 2. The number of nitrogens with one attached hydrogen (secondary N) is 2. The van der Waals surface area contributed by atoms with Crippen LogP contribution < -0.4 is 10.6 Å². The molecule has 1 aliphatic rings. The van der Waals surface area contributed by atoms with Crippen molar-refractivity contribution in [1.82, 2.24) is 15.5 Å². The zero-order valence-corrected chi connectivity index (χ0v) is 14.5. The molecule has 0 saturated carbocycles. The first-order chi connectivity index (χ1) is 11.4. The van der Waals surface area contributed by atoms with Gasteiger partial charge in [0, 0.05) is 17.6 Å². The van der Waals surface area contributed by atoms with Crippen molar-refractivity contribution in [3.8, 4) is 0 Å². The van der Waals surface area contributed by atoms with E-state index in [1.165, 1.54) is 6.92 Å². The maximum atomic E-state index is 12.0. The van der Waals surface area contributed by atoms with Crippen LogP contribution in [0.5, 0.6) is 0 Å². The Hall–Kier alpha value is -2.42. The Balaban J connectivity index is 1.82. The molecule has 1 heterocycles. The summed E-state index contributed by atoms with van der Waals surface area (Å²) in [5, 5.41) is 4.90. The van der Waals surface area contributed by atoms with Crippen molar-refractivity contribution >= 4 is 39.7 Å². The fourth-order valence-corrected chi connectivity index (χ4v) is 2.55. The second-order valence-electron chi connectivity index (χ2n) is 5.02. The third-order valence-electron chi connectivity index (χ3n) is 3.29. The third-order valence-corrected chi connectivity index (χ3v) is 3.98. The number of imide groups is 1. The van der Waals surface area contributed by atoms with Crippen molar-refractivity contribution in [3.05, 3.63) is 34.3 Å². The van der Waals surface area contributed by atoms with Crippen molar-refractivity contribution in [2.24, 2.45) is 0 Å². The number of esters is 1. The maximum absolute atomic E-state index is 12.0. The van der Waals surface area contributed by atoms with Crippen LogP contribution in [0.15, 0.2) is 28.7 Å². The predicted molar refractivity (Wildman–Crippen MR) is 87.1 cm³/mol. The Morgan fingerprint density at radius 3 is 2.71 bits per heavy atom. The number of rotatable bonds is 5. The zero-order chi connectivity index (χ0) is 17.7. The van der Waals surface area contributed by atoms with Crippen LogP contribution in [0, 0.1) is 0 Å². The van der Waals surface area contributed by atoms with Crippen LogP contribution >= 0.6 is 15.9 Å². The fraction of sp³-hybridized carbons (Fsp3) is 0.333. The molecule has 24 heavy (non-hydrogen) atoms. The van der Waals surface area contributed by atoms with Gasteiger partial charge in [0.2, 0.25) is 0 Å². The van der Waals surface area contributed by atoms with E-state index in [0.29, 0.717) is 16.6 Å². The summed E-state index contributed by atoms with van der Waals surface area (Å²) < 4.78 is 5.55. The fourth-order valence-electron chi connectivity index (χ4n) is 2.08. The summed E-state index contributed by atoms with van der Waals surface area (Å²) in [6.07, 6.45) is -1.11. The highest BCUT2D eigenvalue weighted by molar-refractivity contribution is 9.10. The van der Waals surface area contributed by atoms with Gasteiger partial charge < -0.3 is 15.4 Å². The smallest absolute Gasteiger partial charge is 0.326 e. The van der Waals surface area contributed by atoms with Crippen molar-refractivity contribution in [2.45, 2.75) is 13.0 Å². The molecule has 1 saturated heterocycles. The van der Waals surface area contributed by atoms with Gasteiger partial charge in [0.15, 0.2) is 6.10 Å². The summed E-state index contributed by atoms with van der Waals surface area (Å²) in [7, 11) is 0. The molecule has 8 nitrogen and oxygen atoms in total. The highest BCUT2D eigenvalue weighted by Crippen LogP contribution is 2.15. The van der Waals surface area contributed by atoms with Crippen LogP contribution in [0.1, 0.15) is 17.3 Å². The molecule has 0 unspecified atom stereocenters. The van der Waals surface area contributed by atoms with Crippen LogP contribution in [0.25, 0.3) is 0 Å². The summed E-state index contributed by atoms with van der Waals surface area (Å²) in [4.78, 5) is 48.1. The average molecular weight is 398 g/mol. The van der Waals surface area contributed by atoms with E-state index in [4.69, 9.17) is 4.74 Å². The second kappa shape index (κ2) is 7.91. The standard InChI is InChI=1S/C15H16BrN3O5/c1-9(14(22)19-7-6-17-15(19)23)24-12(20)8-18-13(21)10-4-2-3-5-11(10)16/h2-5,9H,6-8H2,1H3,(H,17,23)(H,18,21)/t9-/m0/s1. The largest absolute Gasteiger partial charge is 0.451 e. The maximum Gasteiger partial charge on any atom is 0.326 e. The SMILES string of the molecule is C[C@H](OC(=O)CNC(=O)c1ccccc1Br)C(=O)N1CCNC1=O. The van der Waals surface area contributed by atoms with Gasteiger partial charge >= 0.3 is 12.0 Å². The first-order valence-corrected chi connectivity index (χ1v) is 8.01. The Morgan fingerprint density at radius 2 is 2.08 bits per heavy atom. The van der Waals surface area contributed by atoms with Crippen molar-refractivity contribution < 1.29 is 23.9 Å². The van der Waals surface area contributed by atoms with E-state index < -0.39 is 29.9 Å². The number of nitrogens with zero attached hydrogens (tertiary/aromatic N) is 1. The van der Waals surface area contributed by atoms with Crippen molar-refractivity contribution in [3.63, 3.8) is 0 Å². The highest BCUT2D eigenvalue weighted by Gasteiger charge is 2.31. The van der Waals surface area contributed by atoms with E-state index >= 15 is 0 Å². The molecule has 9 heteroatoms. The summed E-state index contributed by atoms with van der Waals surface area (Å²) in [6, 6.07) is 6.25. The minimum atomic E-state index is -1.11. The van der Waals surface area contributed by atoms with Gasteiger partial charge in [-0.05, 0) is 35.0 Å². The lowest BCUT2D eigenvalue weighted by atomic mass is 10.2. The Kier molecular flexibility index (Phi) is 5.91. The molecule has 0 bridgehead atoms. The molecule has 2 rings (SSSR count). The molecular formula is C15H16BrN3O5. The van der Waals surface area contributed by atoms with E-state index in [-0.39, 0.29) is 13.1 Å². The molecule has 0 spiro atoms. The normalized spacial score (nSPS) is 14.8. The van der Waals surface area contributed by atoms with Crippen molar-refractivity contribution in [1.29, 1.82) is 0 Å². The number of urea groups is 1. The molecule has 4 amide bonds. The minimum absolute atomic E-state index is 0.234. The Labute approximate surface area is 146 Å². The molecule has 1 atom stereocenters. The molecule has 0 radical (unpaired) electrons. The molecule has 128 valence electrons. The lowest BCUT2D eigenvalue weighted by Gasteiger charge is -2.18. The monoisotopic (exact) mass is 397 g/mol. The number of benzene rings is 1. The molecule has 0 aromatic heterocycles. The van der Waals surface area contributed by atoms with E-state index in [1.54, 1.807) is 24.3 Å². The van der Waals surface area contributed by atoms with Crippen LogP contribution in [-0.4, -0.2) is 54.5 Å². The summed E-state index contributed by atoms with van der Waals surface area (Å²) >= 11 is 3.24. The molecular weight excluding hydrogens is 382 g/mol. The molecule has 2 N–H and O–H groups in total. The van der Waals surface area contributed by atoms with Crippen LogP contribution in [0.3, 0.4) is 0 Å². The van der Waals surface area contributed by atoms with Gasteiger partial charge in [-0.25, -0.2) is 4.79 Å². The van der Waals surface area contributed by atoms with Gasteiger partial charge in [-0.15, -0.1) is 0 Å². The zero-order valence-electron chi connectivity index (χ0n) is 12.9. The number of hydrogen-bond acceptors (Lipinski definition) is 5. The Morgan fingerprint density at radius 1 is 1.38 bits per heavy atom. The number of carbonyl (C=O) groups is 4. The van der Waals surface area contributed by atoms with Gasteiger partial charge in [-0.1, -0.05) is 12.1 Å². The van der Waals surface area contributed by atoms with E-state index in [0.717, 1.165) is 4.90 Å². The van der Waals surface area contributed by atoms with Crippen LogP contribution in [0.2, 0.25) is 0 Å². The van der Waals surface area contributed by atoms with Crippen molar-refractivity contribution in [2.75, 3.05) is 19.6 Å². The van der Waals surface area contributed by atoms with E-state index in [9.17, 15) is 19.2 Å². The van der Waals surface area contributed by atoms with Gasteiger partial charge in [0.25, 0.3) is 11.8 Å². The number of carbonyl (C=O) groups excluding carboxylic acids is 4. The molecule has 0 aliphatic carbocycles. The molecule has 1 aliphatic heterocycles. The lowest BCUT2D eigenvalue weighted by Crippen LogP contribution is -2.43. The number of amides is 4. The van der Waals surface area contributed by atoms with E-state index in [2.05, 4.69) is 26.6 Å². The molecule has 1 aromatic carbocycles. The number of ether oxygens (including phenoxy) is 1.